The standard InChI is InChI=1S/C25H15N5O2S/c1-2-5-16(6-3-1)20-14-33-25-21(20)24(28-22(29-25)18-7-4-12-26-13-18)32-19-10-8-17(9-11-19)23-30-27-15-31-23/h1-15H. The molecule has 0 radical (unpaired) electrons. The van der Waals surface area contributed by atoms with Crippen LogP contribution in [0.25, 0.3) is 44.2 Å². The average Bonchev–Trinajstić information content (AvgIpc) is 3.56. The number of fused-ring (bicyclic) bond motifs is 1. The van der Waals surface area contributed by atoms with Gasteiger partial charge in [-0.3, -0.25) is 4.98 Å². The number of benzene rings is 2. The van der Waals surface area contributed by atoms with Gasteiger partial charge in [0.25, 0.3) is 0 Å². The van der Waals surface area contributed by atoms with E-state index in [0.29, 0.717) is 23.3 Å². The summed E-state index contributed by atoms with van der Waals surface area (Å²) in [6.45, 7) is 0. The Kier molecular flexibility index (Phi) is 4.82. The molecule has 0 aliphatic rings. The highest BCUT2D eigenvalue weighted by Gasteiger charge is 2.18. The first-order valence-corrected chi connectivity index (χ1v) is 11.0. The molecule has 0 N–H and O–H groups in total. The van der Waals surface area contributed by atoms with Crippen molar-refractivity contribution in [2.45, 2.75) is 0 Å². The lowest BCUT2D eigenvalue weighted by Crippen LogP contribution is -1.95. The summed E-state index contributed by atoms with van der Waals surface area (Å²) in [4.78, 5) is 14.6. The predicted molar refractivity (Wildman–Crippen MR) is 126 cm³/mol. The molecule has 7 nitrogen and oxygen atoms in total. The summed E-state index contributed by atoms with van der Waals surface area (Å²) in [5, 5.41) is 10.6. The molecule has 6 aromatic rings. The van der Waals surface area contributed by atoms with Crippen molar-refractivity contribution in [2.75, 3.05) is 0 Å². The number of thiophene rings is 1. The largest absolute Gasteiger partial charge is 0.438 e. The van der Waals surface area contributed by atoms with Crippen LogP contribution in [-0.2, 0) is 0 Å². The monoisotopic (exact) mass is 449 g/mol. The van der Waals surface area contributed by atoms with E-state index in [2.05, 4.69) is 32.7 Å². The van der Waals surface area contributed by atoms with Gasteiger partial charge in [-0.25, -0.2) is 4.98 Å². The molecule has 0 saturated carbocycles. The number of nitrogens with zero attached hydrogens (tertiary/aromatic N) is 5. The topological polar surface area (TPSA) is 86.8 Å². The van der Waals surface area contributed by atoms with Gasteiger partial charge < -0.3 is 9.15 Å². The van der Waals surface area contributed by atoms with Gasteiger partial charge in [0.1, 0.15) is 10.6 Å². The molecule has 0 bridgehead atoms. The molecular weight excluding hydrogens is 434 g/mol. The van der Waals surface area contributed by atoms with E-state index in [-0.39, 0.29) is 0 Å². The van der Waals surface area contributed by atoms with E-state index in [1.165, 1.54) is 6.39 Å². The fraction of sp³-hybridized carbons (Fsp3) is 0. The summed E-state index contributed by atoms with van der Waals surface area (Å²) in [7, 11) is 0. The zero-order valence-corrected chi connectivity index (χ0v) is 17.9. The fourth-order valence-electron chi connectivity index (χ4n) is 3.51. The van der Waals surface area contributed by atoms with Crippen LogP contribution in [0.4, 0.5) is 0 Å². The van der Waals surface area contributed by atoms with E-state index >= 15 is 0 Å². The summed E-state index contributed by atoms with van der Waals surface area (Å²) in [6.07, 6.45) is 4.78. The minimum absolute atomic E-state index is 0.453. The summed E-state index contributed by atoms with van der Waals surface area (Å²) in [5.41, 5.74) is 3.75. The minimum Gasteiger partial charge on any atom is -0.438 e. The molecule has 0 spiro atoms. The Morgan fingerprint density at radius 1 is 0.818 bits per heavy atom. The molecule has 6 rings (SSSR count). The van der Waals surface area contributed by atoms with Crippen LogP contribution in [0.5, 0.6) is 11.6 Å². The van der Waals surface area contributed by atoms with Crippen LogP contribution in [0.1, 0.15) is 0 Å². The van der Waals surface area contributed by atoms with Crippen molar-refractivity contribution < 1.29 is 9.15 Å². The molecule has 33 heavy (non-hydrogen) atoms. The summed E-state index contributed by atoms with van der Waals surface area (Å²) < 4.78 is 11.6. The maximum Gasteiger partial charge on any atom is 0.247 e. The zero-order chi connectivity index (χ0) is 22.0. The number of aromatic nitrogens is 5. The molecule has 8 heteroatoms. The van der Waals surface area contributed by atoms with E-state index in [1.807, 2.05) is 54.6 Å². The molecule has 0 unspecified atom stereocenters. The Morgan fingerprint density at radius 3 is 2.42 bits per heavy atom. The Labute approximate surface area is 192 Å². The summed E-state index contributed by atoms with van der Waals surface area (Å²) in [5.74, 6) is 2.15. The summed E-state index contributed by atoms with van der Waals surface area (Å²) in [6, 6.07) is 21.4. The van der Waals surface area contributed by atoms with Gasteiger partial charge in [-0.2, -0.15) is 4.98 Å². The maximum atomic E-state index is 6.32. The normalized spacial score (nSPS) is 11.0. The Morgan fingerprint density at radius 2 is 1.67 bits per heavy atom. The minimum atomic E-state index is 0.453. The number of ether oxygens (including phenoxy) is 1. The predicted octanol–water partition coefficient (Wildman–Crippen LogP) is 6.26. The lowest BCUT2D eigenvalue weighted by Gasteiger charge is -2.10. The van der Waals surface area contributed by atoms with E-state index in [1.54, 1.807) is 23.7 Å². The quantitative estimate of drug-likeness (QED) is 0.307. The Bertz CT molecular complexity index is 1520. The highest BCUT2D eigenvalue weighted by Crippen LogP contribution is 2.40. The van der Waals surface area contributed by atoms with Crippen molar-refractivity contribution in [3.05, 3.63) is 90.9 Å². The number of hydrogen-bond donors (Lipinski definition) is 0. The molecule has 2 aromatic carbocycles. The lowest BCUT2D eigenvalue weighted by atomic mass is 10.1. The molecule has 0 aliphatic carbocycles. The van der Waals surface area contributed by atoms with Gasteiger partial charge in [-0.05, 0) is 42.0 Å². The maximum absolute atomic E-state index is 6.32. The van der Waals surface area contributed by atoms with Crippen molar-refractivity contribution >= 4 is 21.6 Å². The van der Waals surface area contributed by atoms with E-state index in [4.69, 9.17) is 19.1 Å². The van der Waals surface area contributed by atoms with Gasteiger partial charge in [0, 0.05) is 34.5 Å². The number of rotatable bonds is 5. The molecule has 0 aliphatic heterocycles. The molecule has 4 aromatic heterocycles. The average molecular weight is 449 g/mol. The third-order valence-electron chi connectivity index (χ3n) is 5.08. The van der Waals surface area contributed by atoms with Crippen molar-refractivity contribution in [3.63, 3.8) is 0 Å². The van der Waals surface area contributed by atoms with Gasteiger partial charge >= 0.3 is 0 Å². The summed E-state index contributed by atoms with van der Waals surface area (Å²) >= 11 is 1.56. The van der Waals surface area contributed by atoms with Gasteiger partial charge in [-0.1, -0.05) is 30.3 Å². The first kappa shape index (κ1) is 19.3. The van der Waals surface area contributed by atoms with E-state index in [9.17, 15) is 0 Å². The Hall–Kier alpha value is -4.43. The van der Waals surface area contributed by atoms with Gasteiger partial charge in [0.2, 0.25) is 18.2 Å². The van der Waals surface area contributed by atoms with Crippen LogP contribution < -0.4 is 4.74 Å². The van der Waals surface area contributed by atoms with E-state index < -0.39 is 0 Å². The number of pyridine rings is 1. The molecule has 0 atom stereocenters. The molecule has 4 heterocycles. The third kappa shape index (κ3) is 3.72. The first-order chi connectivity index (χ1) is 16.3. The lowest BCUT2D eigenvalue weighted by molar-refractivity contribution is 0.469. The highest BCUT2D eigenvalue weighted by atomic mass is 32.1. The molecular formula is C25H15N5O2S. The van der Waals surface area contributed by atoms with E-state index in [0.717, 1.165) is 32.5 Å². The van der Waals surface area contributed by atoms with Crippen molar-refractivity contribution in [3.8, 4) is 45.6 Å². The fourth-order valence-corrected chi connectivity index (χ4v) is 4.45. The SMILES string of the molecule is c1ccc(-c2csc3nc(-c4cccnc4)nc(Oc4ccc(-c5nnco5)cc4)c23)cc1. The smallest absolute Gasteiger partial charge is 0.247 e. The molecule has 0 amide bonds. The van der Waals surface area contributed by atoms with Crippen molar-refractivity contribution in [2.24, 2.45) is 0 Å². The number of hydrogen-bond acceptors (Lipinski definition) is 8. The molecule has 0 saturated heterocycles. The highest BCUT2D eigenvalue weighted by molar-refractivity contribution is 7.17. The van der Waals surface area contributed by atoms with Crippen molar-refractivity contribution in [1.82, 2.24) is 25.1 Å². The van der Waals surface area contributed by atoms with Gasteiger partial charge in [-0.15, -0.1) is 21.5 Å². The van der Waals surface area contributed by atoms with Crippen LogP contribution in [-0.4, -0.2) is 25.1 Å². The van der Waals surface area contributed by atoms with Crippen LogP contribution >= 0.6 is 11.3 Å². The first-order valence-electron chi connectivity index (χ1n) is 10.1. The van der Waals surface area contributed by atoms with Gasteiger partial charge in [0.05, 0.1) is 5.39 Å². The van der Waals surface area contributed by atoms with Crippen LogP contribution in [0.2, 0.25) is 0 Å². The van der Waals surface area contributed by atoms with Crippen LogP contribution in [0.3, 0.4) is 0 Å². The van der Waals surface area contributed by atoms with Gasteiger partial charge in [0.15, 0.2) is 5.82 Å². The van der Waals surface area contributed by atoms with Crippen LogP contribution in [0.15, 0.2) is 95.3 Å². The second-order valence-corrected chi connectivity index (χ2v) is 8.02. The molecule has 158 valence electrons. The van der Waals surface area contributed by atoms with Crippen molar-refractivity contribution in [1.29, 1.82) is 0 Å². The Balaban J connectivity index is 1.47. The molecule has 0 fully saturated rings. The third-order valence-corrected chi connectivity index (χ3v) is 5.95. The van der Waals surface area contributed by atoms with Crippen LogP contribution in [0, 0.1) is 0 Å². The second kappa shape index (κ2) is 8.25. The second-order valence-electron chi connectivity index (χ2n) is 7.16. The zero-order valence-electron chi connectivity index (χ0n) is 17.1.